The van der Waals surface area contributed by atoms with Crippen LogP contribution >= 0.6 is 0 Å². The molecule has 0 saturated heterocycles. The number of anilines is 1. The topological polar surface area (TPSA) is 75.7 Å². The van der Waals surface area contributed by atoms with Gasteiger partial charge in [-0.25, -0.2) is 4.98 Å². The number of pyridine rings is 1. The maximum absolute atomic E-state index is 12.4. The Morgan fingerprint density at radius 1 is 1.24 bits per heavy atom. The summed E-state index contributed by atoms with van der Waals surface area (Å²) in [6.07, 6.45) is -1.72. The Morgan fingerprint density at radius 3 is 2.38 bits per heavy atom. The van der Waals surface area contributed by atoms with E-state index in [0.717, 1.165) is 34.9 Å². The van der Waals surface area contributed by atoms with Gasteiger partial charge in [0.15, 0.2) is 5.88 Å². The van der Waals surface area contributed by atoms with Crippen LogP contribution in [0.2, 0.25) is 0 Å². The van der Waals surface area contributed by atoms with Crippen LogP contribution in [0.5, 0.6) is 0 Å². The minimum atomic E-state index is -4.23. The molecule has 212 valence electrons. The summed E-state index contributed by atoms with van der Waals surface area (Å²) in [6.45, 7) is 15.0. The first kappa shape index (κ1) is 33.8. The number of likely N-dealkylation sites (N-methyl/N-ethyl adjacent to an activating group) is 1. The highest BCUT2D eigenvalue weighted by molar-refractivity contribution is 5.42. The molecule has 10 heteroatoms. The fraction of sp³-hybridized carbons (Fsp3) is 0.519. The molecule has 1 aromatic heterocycles. The molecule has 1 aromatic rings. The monoisotopic (exact) mass is 530 g/mol. The van der Waals surface area contributed by atoms with Gasteiger partial charge >= 0.3 is 6.18 Å². The second-order valence-electron chi connectivity index (χ2n) is 8.79. The number of aryl methyl sites for hydroxylation is 1. The molecule has 0 radical (unpaired) electrons. The molecule has 1 unspecified atom stereocenters. The van der Waals surface area contributed by atoms with Gasteiger partial charge in [0.25, 0.3) is 0 Å². The zero-order valence-corrected chi connectivity index (χ0v) is 23.0. The molecule has 2 heterocycles. The van der Waals surface area contributed by atoms with E-state index < -0.39 is 19.2 Å². The lowest BCUT2D eigenvalue weighted by Gasteiger charge is -2.28. The first-order chi connectivity index (χ1) is 17.4. The zero-order valence-electron chi connectivity index (χ0n) is 23.0. The molecule has 0 saturated carbocycles. The number of nitrogens with zero attached hydrogens (tertiary/aromatic N) is 2. The van der Waals surface area contributed by atoms with Crippen molar-refractivity contribution in [1.29, 1.82) is 0 Å². The van der Waals surface area contributed by atoms with E-state index in [1.54, 1.807) is 32.2 Å². The molecule has 1 aliphatic heterocycles. The third-order valence-electron chi connectivity index (χ3n) is 4.87. The molecule has 7 nitrogen and oxygen atoms in total. The minimum Gasteiger partial charge on any atom is -0.479 e. The van der Waals surface area contributed by atoms with Crippen molar-refractivity contribution in [3.05, 3.63) is 65.0 Å². The lowest BCUT2D eigenvalue weighted by molar-refractivity contribution is -0.143. The number of halogens is 3. The molecule has 0 fully saturated rings. The van der Waals surface area contributed by atoms with Crippen molar-refractivity contribution >= 4 is 12.6 Å². The number of carbonyl (C=O) groups excluding carboxylic acids is 1. The Hall–Kier alpha value is -3.23. The van der Waals surface area contributed by atoms with Gasteiger partial charge in [0.05, 0.1) is 18.7 Å². The molecule has 0 aromatic carbocycles. The van der Waals surface area contributed by atoms with E-state index in [4.69, 9.17) is 9.53 Å². The summed E-state index contributed by atoms with van der Waals surface area (Å²) >= 11 is 0. The van der Waals surface area contributed by atoms with Gasteiger partial charge < -0.3 is 29.8 Å². The maximum atomic E-state index is 12.4. The fourth-order valence-electron chi connectivity index (χ4n) is 3.18. The average molecular weight is 531 g/mol. The highest BCUT2D eigenvalue weighted by atomic mass is 19.4. The van der Waals surface area contributed by atoms with E-state index in [-0.39, 0.29) is 8.90 Å². The number of rotatable bonds is 10. The van der Waals surface area contributed by atoms with E-state index in [1.165, 1.54) is 0 Å². The Labute approximate surface area is 222 Å². The molecule has 2 rings (SSSR count). The van der Waals surface area contributed by atoms with Crippen LogP contribution in [-0.4, -0.2) is 63.8 Å². The van der Waals surface area contributed by atoms with Crippen molar-refractivity contribution in [2.24, 2.45) is 5.92 Å². The molecule has 2 N–H and O–H groups in total. The number of hydrogen-bond donors (Lipinski definition) is 2. The number of allylic oxidation sites excluding steroid dienone is 2. The van der Waals surface area contributed by atoms with Crippen molar-refractivity contribution in [1.82, 2.24) is 15.2 Å². The number of methoxy groups -OCH3 is 1. The van der Waals surface area contributed by atoms with E-state index in [9.17, 15) is 13.2 Å². The Balaban J connectivity index is -0.00000173. The van der Waals surface area contributed by atoms with Crippen molar-refractivity contribution < 1.29 is 30.3 Å². The van der Waals surface area contributed by atoms with Crippen LogP contribution in [0.25, 0.3) is 0 Å². The Morgan fingerprint density at radius 2 is 1.86 bits per heavy atom. The molecule has 1 atom stereocenters. The number of alkyl halides is 3. The van der Waals surface area contributed by atoms with Crippen molar-refractivity contribution in [3.8, 4) is 0 Å². The molecule has 1 aliphatic rings. The first-order valence-electron chi connectivity index (χ1n) is 11.8. The van der Waals surface area contributed by atoms with Gasteiger partial charge in [0.2, 0.25) is 0 Å². The summed E-state index contributed by atoms with van der Waals surface area (Å²) in [5.74, 6) is 1.75. The summed E-state index contributed by atoms with van der Waals surface area (Å²) in [6, 6.07) is 4.04. The van der Waals surface area contributed by atoms with Crippen LogP contribution in [-0.2, 0) is 14.3 Å². The summed E-state index contributed by atoms with van der Waals surface area (Å²) in [5.41, 5.74) is 6.61. The standard InChI is InChI=1S/C24H33F3N4O.C2H6O.CH2O.2H2/c1-7-21(19-8-9-23(31(6)15-19)32-11-10-24(25,26)27)30-18(5)20-12-17(4)29-22(13-20)28-14-16(2)3;1-3-2;1-2;;/h8-9,12-13,16,18,30H,1,10-11,14-15H2,2-6H3,(H,28,29);1-2H3;1H2;2*1H. The largest absolute Gasteiger partial charge is 0.479 e. The van der Waals surface area contributed by atoms with Gasteiger partial charge in [-0.05, 0) is 49.6 Å². The molecular formula is C27H45F3N4O3. The first-order valence-corrected chi connectivity index (χ1v) is 11.8. The Kier molecular flexibility index (Phi) is 15.8. The van der Waals surface area contributed by atoms with Crippen LogP contribution in [0.15, 0.2) is 53.7 Å². The molecule has 0 amide bonds. The summed E-state index contributed by atoms with van der Waals surface area (Å²) in [4.78, 5) is 14.3. The third-order valence-corrected chi connectivity index (χ3v) is 4.87. The molecule has 0 bridgehead atoms. The zero-order chi connectivity index (χ0) is 28.6. The van der Waals surface area contributed by atoms with Gasteiger partial charge in [-0.3, -0.25) is 0 Å². The molecular weight excluding hydrogens is 485 g/mol. The van der Waals surface area contributed by atoms with E-state index >= 15 is 0 Å². The second kappa shape index (κ2) is 17.3. The second-order valence-corrected chi connectivity index (χ2v) is 8.79. The summed E-state index contributed by atoms with van der Waals surface area (Å²) in [7, 11) is 5.02. The van der Waals surface area contributed by atoms with Crippen LogP contribution < -0.4 is 10.6 Å². The smallest absolute Gasteiger partial charge is 0.392 e. The van der Waals surface area contributed by atoms with Gasteiger partial charge in [-0.15, -0.1) is 5.73 Å². The van der Waals surface area contributed by atoms with Crippen LogP contribution in [0.3, 0.4) is 0 Å². The lowest BCUT2D eigenvalue weighted by atomic mass is 10.1. The third kappa shape index (κ3) is 13.6. The Bertz CT molecular complexity index is 951. The van der Waals surface area contributed by atoms with Gasteiger partial charge in [-0.1, -0.05) is 20.4 Å². The predicted octanol–water partition coefficient (Wildman–Crippen LogP) is 6.03. The fourth-order valence-corrected chi connectivity index (χ4v) is 3.18. The molecule has 0 spiro atoms. The highest BCUT2D eigenvalue weighted by Gasteiger charge is 2.27. The summed E-state index contributed by atoms with van der Waals surface area (Å²) < 4.78 is 46.6. The van der Waals surface area contributed by atoms with Crippen LogP contribution in [0.4, 0.5) is 19.0 Å². The van der Waals surface area contributed by atoms with Crippen LogP contribution in [0, 0.1) is 12.8 Å². The van der Waals surface area contributed by atoms with Gasteiger partial charge in [0, 0.05) is 54.5 Å². The van der Waals surface area contributed by atoms with E-state index in [0.29, 0.717) is 18.3 Å². The number of aromatic nitrogens is 1. The number of hydrogen-bond acceptors (Lipinski definition) is 7. The van der Waals surface area contributed by atoms with Crippen molar-refractivity contribution in [3.63, 3.8) is 0 Å². The predicted molar refractivity (Wildman–Crippen MR) is 146 cm³/mol. The van der Waals surface area contributed by atoms with Crippen LogP contribution in [0.1, 0.15) is 47.3 Å². The maximum Gasteiger partial charge on any atom is 0.392 e. The highest BCUT2D eigenvalue weighted by Crippen LogP contribution is 2.24. The van der Waals surface area contributed by atoms with Crippen molar-refractivity contribution in [2.45, 2.75) is 46.3 Å². The average Bonchev–Trinajstić information content (AvgIpc) is 2.83. The number of nitrogens with one attached hydrogen (secondary N) is 2. The number of carbonyl (C=O) groups is 1. The summed E-state index contributed by atoms with van der Waals surface area (Å²) in [5, 5.41) is 6.81. The van der Waals surface area contributed by atoms with E-state index in [2.05, 4.69) is 46.5 Å². The number of ether oxygens (including phenoxy) is 2. The molecule has 0 aliphatic carbocycles. The van der Waals surface area contributed by atoms with Crippen molar-refractivity contribution in [2.75, 3.05) is 46.3 Å². The lowest BCUT2D eigenvalue weighted by Crippen LogP contribution is -2.29. The minimum absolute atomic E-state index is 0. The quantitative estimate of drug-likeness (QED) is 0.358. The molecule has 37 heavy (non-hydrogen) atoms. The van der Waals surface area contributed by atoms with Gasteiger partial charge in [-0.2, -0.15) is 13.2 Å². The van der Waals surface area contributed by atoms with E-state index in [1.807, 2.05) is 38.8 Å². The normalized spacial score (nSPS) is 13.5. The van der Waals surface area contributed by atoms with Gasteiger partial charge in [0.1, 0.15) is 12.6 Å². The SMILES string of the molecule is C=C=C(NC(C)c1cc(C)nc(NCC(C)C)c1)C1=CC=C(OCCC(F)(F)F)N(C)C1.C=O.COC.[HH].[HH].